The number of hydrogen-bond donors (Lipinski definition) is 0. The lowest BCUT2D eigenvalue weighted by Gasteiger charge is -2.12. The van der Waals surface area contributed by atoms with Crippen LogP contribution in [-0.2, 0) is 4.79 Å². The summed E-state index contributed by atoms with van der Waals surface area (Å²) in [7, 11) is 0. The average Bonchev–Trinajstić information content (AvgIpc) is 2.14. The molecule has 1 aliphatic heterocycles. The largest absolute Gasteiger partial charge is 0.337 e. The lowest BCUT2D eigenvalue weighted by atomic mass is 10.1. The molecule has 11 heavy (non-hydrogen) atoms. The quantitative estimate of drug-likeness (QED) is 0.567. The normalized spacial score (nSPS) is 29.6. The molecule has 0 radical (unpaired) electrons. The van der Waals surface area contributed by atoms with Crippen molar-refractivity contribution in [3.8, 4) is 0 Å². The minimum atomic E-state index is -3.13. The summed E-state index contributed by atoms with van der Waals surface area (Å²) in [6.07, 6.45) is 0. The molecule has 2 nitrogen and oxygen atoms in total. The van der Waals surface area contributed by atoms with Crippen molar-refractivity contribution in [2.24, 2.45) is 5.92 Å². The number of carbonyl (C=O) groups excluding carboxylic acids is 1. The zero-order chi connectivity index (χ0) is 8.65. The van der Waals surface area contributed by atoms with Gasteiger partial charge in [0.05, 0.1) is 0 Å². The van der Waals surface area contributed by atoms with E-state index in [0.717, 1.165) is 0 Å². The average molecular weight is 163 g/mol. The Balaban J connectivity index is 2.80. The van der Waals surface area contributed by atoms with Crippen molar-refractivity contribution in [2.75, 3.05) is 13.1 Å². The van der Waals surface area contributed by atoms with Gasteiger partial charge in [0.25, 0.3) is 5.91 Å². The summed E-state index contributed by atoms with van der Waals surface area (Å²) in [5, 5.41) is 0. The van der Waals surface area contributed by atoms with E-state index in [9.17, 15) is 13.6 Å². The maximum absolute atomic E-state index is 12.8. The van der Waals surface area contributed by atoms with Crippen LogP contribution in [0, 0.1) is 5.92 Å². The number of halogens is 2. The van der Waals surface area contributed by atoms with Crippen molar-refractivity contribution in [3.63, 3.8) is 0 Å². The molecule has 0 aromatic carbocycles. The van der Waals surface area contributed by atoms with Crippen molar-refractivity contribution >= 4 is 5.91 Å². The van der Waals surface area contributed by atoms with Crippen molar-refractivity contribution in [1.82, 2.24) is 4.90 Å². The molecule has 4 heteroatoms. The molecule has 0 N–H and O–H groups in total. The Labute approximate surface area is 64.2 Å². The highest BCUT2D eigenvalue weighted by atomic mass is 19.3. The van der Waals surface area contributed by atoms with Crippen LogP contribution in [0.25, 0.3) is 0 Å². The first-order valence-corrected chi connectivity index (χ1v) is 3.67. The Hall–Kier alpha value is -0.670. The second-order valence-electron chi connectivity index (χ2n) is 2.87. The van der Waals surface area contributed by atoms with Crippen molar-refractivity contribution in [3.05, 3.63) is 0 Å². The molecule has 0 bridgehead atoms. The zero-order valence-corrected chi connectivity index (χ0v) is 6.60. The lowest BCUT2D eigenvalue weighted by Crippen LogP contribution is -2.34. The molecule has 64 valence electrons. The first-order chi connectivity index (χ1) is 5.00. The smallest absolute Gasteiger partial charge is 0.328 e. The van der Waals surface area contributed by atoms with Crippen LogP contribution >= 0.6 is 0 Å². The summed E-state index contributed by atoms with van der Waals surface area (Å²) in [5.41, 5.74) is 0. The lowest BCUT2D eigenvalue weighted by molar-refractivity contribution is -0.150. The fourth-order valence-corrected chi connectivity index (χ4v) is 1.22. The second-order valence-corrected chi connectivity index (χ2v) is 2.87. The van der Waals surface area contributed by atoms with Gasteiger partial charge >= 0.3 is 5.92 Å². The van der Waals surface area contributed by atoms with Gasteiger partial charge in [-0.15, -0.1) is 0 Å². The summed E-state index contributed by atoms with van der Waals surface area (Å²) in [5.74, 6) is -4.99. The van der Waals surface area contributed by atoms with Gasteiger partial charge in [0.2, 0.25) is 0 Å². The predicted molar refractivity (Wildman–Crippen MR) is 36.4 cm³/mol. The Morgan fingerprint density at radius 1 is 1.73 bits per heavy atom. The standard InChI is InChI=1S/C7H11F2NO/c1-3-10-4-5(2)7(8,9)6(10)11/h5H,3-4H2,1-2H3. The number of amides is 1. The predicted octanol–water partition coefficient (Wildman–Crippen LogP) is 1.12. The van der Waals surface area contributed by atoms with Crippen molar-refractivity contribution < 1.29 is 13.6 Å². The second kappa shape index (κ2) is 2.43. The third-order valence-electron chi connectivity index (χ3n) is 2.07. The maximum Gasteiger partial charge on any atom is 0.328 e. The molecular formula is C7H11F2NO. The summed E-state index contributed by atoms with van der Waals surface area (Å²) >= 11 is 0. The summed E-state index contributed by atoms with van der Waals surface area (Å²) in [6.45, 7) is 3.65. The van der Waals surface area contributed by atoms with Crippen LogP contribution < -0.4 is 0 Å². The van der Waals surface area contributed by atoms with Gasteiger partial charge in [-0.2, -0.15) is 8.78 Å². The fourth-order valence-electron chi connectivity index (χ4n) is 1.22. The highest BCUT2D eigenvalue weighted by molar-refractivity contribution is 5.86. The molecule has 0 aromatic rings. The number of carbonyl (C=O) groups is 1. The Morgan fingerprint density at radius 2 is 2.27 bits per heavy atom. The Bertz CT molecular complexity index is 181. The first-order valence-electron chi connectivity index (χ1n) is 3.67. The molecule has 0 spiro atoms. The zero-order valence-electron chi connectivity index (χ0n) is 6.60. The van der Waals surface area contributed by atoms with Crippen LogP contribution in [0.1, 0.15) is 13.8 Å². The van der Waals surface area contributed by atoms with Gasteiger partial charge in [-0.05, 0) is 6.92 Å². The minimum Gasteiger partial charge on any atom is -0.337 e. The van der Waals surface area contributed by atoms with Crippen LogP contribution in [0.3, 0.4) is 0 Å². The van der Waals surface area contributed by atoms with Gasteiger partial charge in [0, 0.05) is 19.0 Å². The van der Waals surface area contributed by atoms with E-state index in [-0.39, 0.29) is 6.54 Å². The molecule has 1 fully saturated rings. The molecule has 1 aliphatic rings. The number of rotatable bonds is 1. The summed E-state index contributed by atoms with van der Waals surface area (Å²) in [6, 6.07) is 0. The number of hydrogen-bond acceptors (Lipinski definition) is 1. The van der Waals surface area contributed by atoms with Crippen molar-refractivity contribution in [1.29, 1.82) is 0 Å². The van der Waals surface area contributed by atoms with E-state index in [2.05, 4.69) is 0 Å². The number of nitrogens with zero attached hydrogens (tertiary/aromatic N) is 1. The number of alkyl halides is 2. The van der Waals surface area contributed by atoms with E-state index in [1.165, 1.54) is 11.8 Å². The molecule has 1 amide bonds. The van der Waals surface area contributed by atoms with Gasteiger partial charge < -0.3 is 4.90 Å². The molecule has 1 saturated heterocycles. The Kier molecular flexibility index (Phi) is 1.86. The summed E-state index contributed by atoms with van der Waals surface area (Å²) in [4.78, 5) is 12.0. The maximum atomic E-state index is 12.8. The monoisotopic (exact) mass is 163 g/mol. The van der Waals surface area contributed by atoms with Gasteiger partial charge in [-0.1, -0.05) is 6.92 Å². The molecule has 1 rings (SSSR count). The number of likely N-dealkylation sites (tertiary alicyclic amines) is 1. The molecule has 0 saturated carbocycles. The van der Waals surface area contributed by atoms with E-state index in [1.54, 1.807) is 6.92 Å². The summed E-state index contributed by atoms with van der Waals surface area (Å²) < 4.78 is 25.6. The van der Waals surface area contributed by atoms with E-state index in [4.69, 9.17) is 0 Å². The third kappa shape index (κ3) is 1.10. The fraction of sp³-hybridized carbons (Fsp3) is 0.857. The van der Waals surface area contributed by atoms with E-state index < -0.39 is 17.7 Å². The van der Waals surface area contributed by atoms with Crippen LogP contribution in [0.5, 0.6) is 0 Å². The van der Waals surface area contributed by atoms with Crippen LogP contribution in [0.15, 0.2) is 0 Å². The van der Waals surface area contributed by atoms with E-state index >= 15 is 0 Å². The van der Waals surface area contributed by atoms with E-state index in [0.29, 0.717) is 6.54 Å². The highest BCUT2D eigenvalue weighted by Gasteiger charge is 2.53. The first kappa shape index (κ1) is 8.43. The van der Waals surface area contributed by atoms with Crippen molar-refractivity contribution in [2.45, 2.75) is 19.8 Å². The highest BCUT2D eigenvalue weighted by Crippen LogP contribution is 2.33. The minimum absolute atomic E-state index is 0.183. The van der Waals surface area contributed by atoms with Crippen LogP contribution in [0.2, 0.25) is 0 Å². The Morgan fingerprint density at radius 3 is 2.45 bits per heavy atom. The molecular weight excluding hydrogens is 152 g/mol. The van der Waals surface area contributed by atoms with Gasteiger partial charge in [-0.3, -0.25) is 4.79 Å². The van der Waals surface area contributed by atoms with Crippen LogP contribution in [-0.4, -0.2) is 29.8 Å². The van der Waals surface area contributed by atoms with Crippen LogP contribution in [0.4, 0.5) is 8.78 Å². The van der Waals surface area contributed by atoms with E-state index in [1.807, 2.05) is 0 Å². The van der Waals surface area contributed by atoms with Gasteiger partial charge in [0.1, 0.15) is 0 Å². The SMILES string of the molecule is CCN1CC(C)C(F)(F)C1=O. The molecule has 1 atom stereocenters. The van der Waals surface area contributed by atoms with Gasteiger partial charge in [-0.25, -0.2) is 0 Å². The third-order valence-corrected chi connectivity index (χ3v) is 2.07. The molecule has 0 aromatic heterocycles. The molecule has 1 unspecified atom stereocenters. The van der Waals surface area contributed by atoms with Gasteiger partial charge in [0.15, 0.2) is 0 Å². The topological polar surface area (TPSA) is 20.3 Å². The molecule has 0 aliphatic carbocycles. The molecule has 1 heterocycles.